The molecular weight excluding hydrogens is 334 g/mol. The minimum Gasteiger partial charge on any atom is -0.352 e. The zero-order valence-corrected chi connectivity index (χ0v) is 16.8. The van der Waals surface area contributed by atoms with Crippen molar-refractivity contribution in [2.24, 2.45) is 11.8 Å². The molecule has 3 fully saturated rings. The third kappa shape index (κ3) is 5.32. The van der Waals surface area contributed by atoms with Gasteiger partial charge in [-0.2, -0.15) is 0 Å². The Morgan fingerprint density at radius 2 is 1.81 bits per heavy atom. The number of carbonyl (C=O) groups is 1. The fraction of sp³-hybridized carbons (Fsp3) is 0.696. The zero-order chi connectivity index (χ0) is 18.6. The van der Waals surface area contributed by atoms with Crippen LogP contribution in [-0.2, 0) is 17.9 Å². The maximum absolute atomic E-state index is 12.4. The van der Waals surface area contributed by atoms with Crippen LogP contribution in [0.25, 0.3) is 0 Å². The molecule has 2 N–H and O–H groups in total. The van der Waals surface area contributed by atoms with Crippen LogP contribution < -0.4 is 10.6 Å². The molecule has 4 rings (SSSR count). The first-order valence-electron chi connectivity index (χ1n) is 11.0. The molecule has 148 valence electrons. The Bertz CT molecular complexity index is 626. The van der Waals surface area contributed by atoms with Crippen molar-refractivity contribution in [1.82, 2.24) is 15.5 Å². The summed E-state index contributed by atoms with van der Waals surface area (Å²) in [5.74, 6) is 1.66. The molecule has 3 saturated heterocycles. The van der Waals surface area contributed by atoms with Crippen molar-refractivity contribution in [3.05, 3.63) is 35.4 Å². The van der Waals surface area contributed by atoms with E-state index >= 15 is 0 Å². The number of likely N-dealkylation sites (tertiary alicyclic amines) is 1. The van der Waals surface area contributed by atoms with Crippen molar-refractivity contribution in [2.45, 2.75) is 77.0 Å². The summed E-state index contributed by atoms with van der Waals surface area (Å²) in [6.07, 6.45) is 8.27. The second-order valence-corrected chi connectivity index (χ2v) is 9.23. The smallest absolute Gasteiger partial charge is 0.220 e. The molecule has 0 radical (unpaired) electrons. The lowest BCUT2D eigenvalue weighted by Crippen LogP contribution is -2.39. The van der Waals surface area contributed by atoms with Crippen LogP contribution in [-0.4, -0.2) is 36.0 Å². The molecule has 4 heteroatoms. The van der Waals surface area contributed by atoms with Gasteiger partial charge in [-0.25, -0.2) is 0 Å². The quantitative estimate of drug-likeness (QED) is 0.807. The van der Waals surface area contributed by atoms with E-state index in [-0.39, 0.29) is 5.91 Å². The Labute approximate surface area is 164 Å². The molecule has 0 saturated carbocycles. The molecule has 1 amide bonds. The summed E-state index contributed by atoms with van der Waals surface area (Å²) in [5.41, 5.74) is 2.59. The number of nitrogens with one attached hydrogen (secondary N) is 2. The van der Waals surface area contributed by atoms with Gasteiger partial charge in [-0.05, 0) is 74.6 Å². The second kappa shape index (κ2) is 8.74. The molecule has 3 aliphatic heterocycles. The minimum atomic E-state index is 0.219. The predicted octanol–water partition coefficient (Wildman–Crippen LogP) is 3.46. The van der Waals surface area contributed by atoms with Crippen LogP contribution in [0, 0.1) is 11.8 Å². The molecule has 0 aromatic heterocycles. The van der Waals surface area contributed by atoms with Gasteiger partial charge in [-0.1, -0.05) is 31.2 Å². The number of carbonyl (C=O) groups excluding carboxylic acids is 1. The molecule has 0 spiro atoms. The SMILES string of the molecule is CC1CCN(Cc2cccc(CNC(=O)CC3CC4CCC(C3)N4)c2)CC1. The van der Waals surface area contributed by atoms with E-state index in [0.717, 1.165) is 12.5 Å². The molecule has 2 atom stereocenters. The predicted molar refractivity (Wildman–Crippen MR) is 109 cm³/mol. The summed E-state index contributed by atoms with van der Waals surface area (Å²) >= 11 is 0. The van der Waals surface area contributed by atoms with Gasteiger partial charge in [-0.15, -0.1) is 0 Å². The van der Waals surface area contributed by atoms with Crippen LogP contribution in [0.15, 0.2) is 24.3 Å². The molecular formula is C23H35N3O. The highest BCUT2D eigenvalue weighted by Gasteiger charge is 2.34. The number of benzene rings is 1. The molecule has 1 aromatic rings. The number of piperidine rings is 2. The second-order valence-electron chi connectivity index (χ2n) is 9.23. The van der Waals surface area contributed by atoms with E-state index in [1.54, 1.807) is 0 Å². The molecule has 2 unspecified atom stereocenters. The molecule has 0 aliphatic carbocycles. The van der Waals surface area contributed by atoms with Crippen molar-refractivity contribution in [3.8, 4) is 0 Å². The maximum Gasteiger partial charge on any atom is 0.220 e. The van der Waals surface area contributed by atoms with E-state index < -0.39 is 0 Å². The Kier molecular flexibility index (Phi) is 6.14. The average Bonchev–Trinajstić information content (AvgIpc) is 3.01. The van der Waals surface area contributed by atoms with E-state index in [0.29, 0.717) is 31.0 Å². The first-order valence-corrected chi connectivity index (χ1v) is 11.0. The van der Waals surface area contributed by atoms with Gasteiger partial charge in [-0.3, -0.25) is 9.69 Å². The van der Waals surface area contributed by atoms with Crippen molar-refractivity contribution < 1.29 is 4.79 Å². The van der Waals surface area contributed by atoms with Crippen LogP contribution in [0.5, 0.6) is 0 Å². The zero-order valence-electron chi connectivity index (χ0n) is 16.8. The first kappa shape index (κ1) is 18.9. The number of fused-ring (bicyclic) bond motifs is 2. The van der Waals surface area contributed by atoms with E-state index in [4.69, 9.17) is 0 Å². The summed E-state index contributed by atoms with van der Waals surface area (Å²) in [6.45, 7) is 6.46. The Morgan fingerprint density at radius 1 is 1.11 bits per heavy atom. The number of hydrogen-bond donors (Lipinski definition) is 2. The number of rotatable bonds is 6. The third-order valence-electron chi connectivity index (χ3n) is 6.81. The highest BCUT2D eigenvalue weighted by Crippen LogP contribution is 2.32. The van der Waals surface area contributed by atoms with Crippen LogP contribution in [0.2, 0.25) is 0 Å². The van der Waals surface area contributed by atoms with Gasteiger partial charge in [0.05, 0.1) is 0 Å². The first-order chi connectivity index (χ1) is 13.1. The monoisotopic (exact) mass is 369 g/mol. The Balaban J connectivity index is 1.23. The maximum atomic E-state index is 12.4. The van der Waals surface area contributed by atoms with Gasteiger partial charge in [0, 0.05) is 31.6 Å². The Hall–Kier alpha value is -1.39. The summed E-state index contributed by atoms with van der Waals surface area (Å²) in [6, 6.07) is 10.1. The van der Waals surface area contributed by atoms with E-state index in [9.17, 15) is 4.79 Å². The van der Waals surface area contributed by atoms with Crippen molar-refractivity contribution in [2.75, 3.05) is 13.1 Å². The minimum absolute atomic E-state index is 0.219. The Morgan fingerprint density at radius 3 is 2.56 bits per heavy atom. The summed E-state index contributed by atoms with van der Waals surface area (Å²) in [4.78, 5) is 15.0. The van der Waals surface area contributed by atoms with Gasteiger partial charge in [0.15, 0.2) is 0 Å². The van der Waals surface area contributed by atoms with Crippen LogP contribution in [0.1, 0.15) is 63.0 Å². The van der Waals surface area contributed by atoms with Gasteiger partial charge in [0.1, 0.15) is 0 Å². The summed E-state index contributed by atoms with van der Waals surface area (Å²) < 4.78 is 0. The lowest BCUT2D eigenvalue weighted by Gasteiger charge is -2.30. The largest absolute Gasteiger partial charge is 0.352 e. The van der Waals surface area contributed by atoms with E-state index in [1.165, 1.54) is 62.7 Å². The summed E-state index contributed by atoms with van der Waals surface area (Å²) in [7, 11) is 0. The summed E-state index contributed by atoms with van der Waals surface area (Å²) in [5, 5.41) is 6.82. The molecule has 3 heterocycles. The highest BCUT2D eigenvalue weighted by molar-refractivity contribution is 5.76. The lowest BCUT2D eigenvalue weighted by atomic mass is 9.89. The van der Waals surface area contributed by atoms with Crippen LogP contribution >= 0.6 is 0 Å². The van der Waals surface area contributed by atoms with Crippen molar-refractivity contribution >= 4 is 5.91 Å². The lowest BCUT2D eigenvalue weighted by molar-refractivity contribution is -0.122. The van der Waals surface area contributed by atoms with Crippen LogP contribution in [0.4, 0.5) is 0 Å². The highest BCUT2D eigenvalue weighted by atomic mass is 16.1. The normalized spacial score (nSPS) is 29.0. The van der Waals surface area contributed by atoms with Crippen molar-refractivity contribution in [3.63, 3.8) is 0 Å². The molecule has 1 aromatic carbocycles. The molecule has 2 bridgehead atoms. The fourth-order valence-corrected chi connectivity index (χ4v) is 5.19. The standard InChI is InChI=1S/C23H35N3O/c1-17-7-9-26(10-8-17)16-19-4-2-3-18(11-19)15-24-23(27)14-20-12-21-5-6-22(13-20)25-21/h2-4,11,17,20-22,25H,5-10,12-16H2,1H3,(H,24,27). The topological polar surface area (TPSA) is 44.4 Å². The van der Waals surface area contributed by atoms with Gasteiger partial charge >= 0.3 is 0 Å². The van der Waals surface area contributed by atoms with Gasteiger partial charge in [0.2, 0.25) is 5.91 Å². The fourth-order valence-electron chi connectivity index (χ4n) is 5.19. The van der Waals surface area contributed by atoms with E-state index in [1.807, 2.05) is 0 Å². The molecule has 27 heavy (non-hydrogen) atoms. The van der Waals surface area contributed by atoms with Crippen LogP contribution in [0.3, 0.4) is 0 Å². The molecule has 3 aliphatic rings. The van der Waals surface area contributed by atoms with E-state index in [2.05, 4.69) is 46.7 Å². The van der Waals surface area contributed by atoms with Crippen molar-refractivity contribution in [1.29, 1.82) is 0 Å². The van der Waals surface area contributed by atoms with Gasteiger partial charge in [0.25, 0.3) is 0 Å². The van der Waals surface area contributed by atoms with Gasteiger partial charge < -0.3 is 10.6 Å². The number of hydrogen-bond acceptors (Lipinski definition) is 3. The molecule has 4 nitrogen and oxygen atoms in total. The number of amides is 1. The third-order valence-corrected chi connectivity index (χ3v) is 6.81. The number of nitrogens with zero attached hydrogens (tertiary/aromatic N) is 1. The average molecular weight is 370 g/mol.